The molecule has 0 amide bonds. The maximum Gasteiger partial charge on any atom is 0.196 e. The van der Waals surface area contributed by atoms with Gasteiger partial charge in [-0.3, -0.25) is 9.56 Å². The van der Waals surface area contributed by atoms with Gasteiger partial charge in [-0.1, -0.05) is 60.3 Å². The second-order valence-corrected chi connectivity index (χ2v) is 9.77. The zero-order chi connectivity index (χ0) is 22.5. The van der Waals surface area contributed by atoms with E-state index in [1.807, 2.05) is 67.2 Å². The summed E-state index contributed by atoms with van der Waals surface area (Å²) in [5, 5.41) is 11.5. The average molecular weight is 473 g/mol. The normalized spacial score (nSPS) is 15.4. The van der Waals surface area contributed by atoms with Gasteiger partial charge in [-0.2, -0.15) is 0 Å². The fourth-order valence-electron chi connectivity index (χ4n) is 3.64. The van der Waals surface area contributed by atoms with Crippen molar-refractivity contribution in [2.75, 3.05) is 18.9 Å². The summed E-state index contributed by atoms with van der Waals surface area (Å²) in [4.78, 5) is 4.79. The first-order chi connectivity index (χ1) is 16.3. The molecule has 166 valence electrons. The van der Waals surface area contributed by atoms with Gasteiger partial charge in [0, 0.05) is 27.8 Å². The van der Waals surface area contributed by atoms with Crippen LogP contribution < -0.4 is 4.74 Å². The molecule has 1 aliphatic heterocycles. The van der Waals surface area contributed by atoms with Gasteiger partial charge in [0.15, 0.2) is 11.0 Å². The fourth-order valence-corrected chi connectivity index (χ4v) is 5.86. The SMILES string of the molecule is CCOc1ccc(C2=NCC(CSc3nnc(-c4ccccc4)n3-c3ccccc3)S2)cc1. The maximum absolute atomic E-state index is 5.55. The lowest BCUT2D eigenvalue weighted by Crippen LogP contribution is -2.08. The molecule has 0 spiro atoms. The number of aromatic nitrogens is 3. The van der Waals surface area contributed by atoms with Crippen LogP contribution in [-0.2, 0) is 0 Å². The Morgan fingerprint density at radius 1 is 0.909 bits per heavy atom. The van der Waals surface area contributed by atoms with Crippen molar-refractivity contribution in [3.8, 4) is 22.8 Å². The molecule has 7 heteroatoms. The minimum atomic E-state index is 0.401. The van der Waals surface area contributed by atoms with E-state index in [0.717, 1.165) is 50.9 Å². The third kappa shape index (κ3) is 4.99. The van der Waals surface area contributed by atoms with Crippen LogP contribution in [0.15, 0.2) is 95.1 Å². The predicted molar refractivity (Wildman–Crippen MR) is 138 cm³/mol. The molecule has 5 rings (SSSR count). The maximum atomic E-state index is 5.55. The molecule has 0 N–H and O–H groups in total. The summed E-state index contributed by atoms with van der Waals surface area (Å²) in [6, 6.07) is 28.7. The Bertz CT molecular complexity index is 1220. The Hall–Kier alpha value is -3.03. The molecule has 0 radical (unpaired) electrons. The molecule has 0 fully saturated rings. The third-order valence-electron chi connectivity index (χ3n) is 5.21. The van der Waals surface area contributed by atoms with Gasteiger partial charge >= 0.3 is 0 Å². The first-order valence-corrected chi connectivity index (χ1v) is 12.8. The molecule has 0 aliphatic carbocycles. The van der Waals surface area contributed by atoms with Crippen LogP contribution in [0.3, 0.4) is 0 Å². The Morgan fingerprint density at radius 3 is 2.36 bits per heavy atom. The molecule has 1 aromatic heterocycles. The Balaban J connectivity index is 1.30. The minimum absolute atomic E-state index is 0.401. The summed E-state index contributed by atoms with van der Waals surface area (Å²) in [5.41, 5.74) is 3.26. The number of aliphatic imine (C=N–C) groups is 1. The van der Waals surface area contributed by atoms with E-state index in [1.165, 1.54) is 0 Å². The molecule has 1 unspecified atom stereocenters. The predicted octanol–water partition coefficient (Wildman–Crippen LogP) is 5.99. The van der Waals surface area contributed by atoms with Crippen LogP contribution in [0.25, 0.3) is 17.1 Å². The van der Waals surface area contributed by atoms with Crippen LogP contribution >= 0.6 is 23.5 Å². The van der Waals surface area contributed by atoms with Gasteiger partial charge in [-0.05, 0) is 43.3 Å². The fraction of sp³-hybridized carbons (Fsp3) is 0.192. The van der Waals surface area contributed by atoms with Crippen molar-refractivity contribution in [1.29, 1.82) is 0 Å². The summed E-state index contributed by atoms with van der Waals surface area (Å²) in [6.07, 6.45) is 0. The van der Waals surface area contributed by atoms with Gasteiger partial charge in [-0.25, -0.2) is 0 Å². The van der Waals surface area contributed by atoms with Gasteiger partial charge in [0.2, 0.25) is 0 Å². The van der Waals surface area contributed by atoms with Gasteiger partial charge < -0.3 is 4.74 Å². The lowest BCUT2D eigenvalue weighted by Gasteiger charge is -2.12. The summed E-state index contributed by atoms with van der Waals surface area (Å²) >= 11 is 3.57. The van der Waals surface area contributed by atoms with E-state index in [2.05, 4.69) is 51.2 Å². The second kappa shape index (κ2) is 10.3. The summed E-state index contributed by atoms with van der Waals surface area (Å²) < 4.78 is 7.70. The molecule has 0 saturated heterocycles. The number of ether oxygens (including phenoxy) is 1. The molecule has 1 aliphatic rings. The van der Waals surface area contributed by atoms with Crippen molar-refractivity contribution in [3.05, 3.63) is 90.5 Å². The van der Waals surface area contributed by atoms with Gasteiger partial charge in [0.1, 0.15) is 5.75 Å². The zero-order valence-electron chi connectivity index (χ0n) is 18.3. The van der Waals surface area contributed by atoms with Crippen LogP contribution in [0.1, 0.15) is 12.5 Å². The molecule has 3 aromatic carbocycles. The average Bonchev–Trinajstić information content (AvgIpc) is 3.52. The highest BCUT2D eigenvalue weighted by molar-refractivity contribution is 8.16. The number of hydrogen-bond acceptors (Lipinski definition) is 6. The Morgan fingerprint density at radius 2 is 1.64 bits per heavy atom. The van der Waals surface area contributed by atoms with Gasteiger partial charge in [0.25, 0.3) is 0 Å². The number of rotatable bonds is 8. The minimum Gasteiger partial charge on any atom is -0.494 e. The standard InChI is InChI=1S/C26H24N4OS2/c1-2-31-22-15-13-20(14-16-22)25-27-17-23(33-25)18-32-26-29-28-24(19-9-5-3-6-10-19)30(26)21-11-7-4-8-12-21/h3-16,23H,2,17-18H2,1H3. The highest BCUT2D eigenvalue weighted by Crippen LogP contribution is 2.33. The van der Waals surface area contributed by atoms with E-state index >= 15 is 0 Å². The second-order valence-electron chi connectivity index (χ2n) is 7.50. The van der Waals surface area contributed by atoms with E-state index in [0.29, 0.717) is 11.9 Å². The number of thioether (sulfide) groups is 2. The van der Waals surface area contributed by atoms with Crippen molar-refractivity contribution < 1.29 is 4.74 Å². The topological polar surface area (TPSA) is 52.3 Å². The van der Waals surface area contributed by atoms with Gasteiger partial charge in [0.05, 0.1) is 18.2 Å². The van der Waals surface area contributed by atoms with Crippen molar-refractivity contribution >= 4 is 28.6 Å². The van der Waals surface area contributed by atoms with Crippen LogP contribution in [-0.4, -0.2) is 44.0 Å². The van der Waals surface area contributed by atoms with Gasteiger partial charge in [-0.15, -0.1) is 22.0 Å². The lowest BCUT2D eigenvalue weighted by atomic mass is 10.2. The molecular formula is C26H24N4OS2. The number of benzene rings is 3. The monoisotopic (exact) mass is 472 g/mol. The Kier molecular flexibility index (Phi) is 6.79. The molecule has 2 heterocycles. The van der Waals surface area contributed by atoms with Crippen molar-refractivity contribution in [1.82, 2.24) is 14.8 Å². The van der Waals surface area contributed by atoms with E-state index in [-0.39, 0.29) is 0 Å². The van der Waals surface area contributed by atoms with Crippen LogP contribution in [0.2, 0.25) is 0 Å². The third-order valence-corrected chi connectivity index (χ3v) is 7.75. The molecule has 0 saturated carbocycles. The largest absolute Gasteiger partial charge is 0.494 e. The van der Waals surface area contributed by atoms with Crippen LogP contribution in [0.4, 0.5) is 0 Å². The van der Waals surface area contributed by atoms with Crippen molar-refractivity contribution in [2.45, 2.75) is 17.3 Å². The lowest BCUT2D eigenvalue weighted by molar-refractivity contribution is 0.340. The Labute approximate surface area is 202 Å². The molecular weight excluding hydrogens is 448 g/mol. The molecule has 33 heavy (non-hydrogen) atoms. The van der Waals surface area contributed by atoms with E-state index in [4.69, 9.17) is 9.73 Å². The zero-order valence-corrected chi connectivity index (χ0v) is 19.9. The van der Waals surface area contributed by atoms with E-state index in [9.17, 15) is 0 Å². The quantitative estimate of drug-likeness (QED) is 0.295. The molecule has 4 aromatic rings. The summed E-state index contributed by atoms with van der Waals surface area (Å²) in [5.74, 6) is 2.66. The van der Waals surface area contributed by atoms with Crippen LogP contribution in [0.5, 0.6) is 5.75 Å². The van der Waals surface area contributed by atoms with E-state index in [1.54, 1.807) is 11.8 Å². The first-order valence-electron chi connectivity index (χ1n) is 10.9. The number of para-hydroxylation sites is 1. The van der Waals surface area contributed by atoms with Crippen molar-refractivity contribution in [3.63, 3.8) is 0 Å². The number of hydrogen-bond donors (Lipinski definition) is 0. The van der Waals surface area contributed by atoms with Crippen LogP contribution in [0, 0.1) is 0 Å². The van der Waals surface area contributed by atoms with Crippen molar-refractivity contribution in [2.24, 2.45) is 4.99 Å². The highest BCUT2D eigenvalue weighted by Gasteiger charge is 2.23. The molecule has 5 nitrogen and oxygen atoms in total. The first kappa shape index (κ1) is 21.8. The number of nitrogens with zero attached hydrogens (tertiary/aromatic N) is 4. The van der Waals surface area contributed by atoms with E-state index < -0.39 is 0 Å². The summed E-state index contributed by atoms with van der Waals surface area (Å²) in [7, 11) is 0. The molecule has 1 atom stereocenters. The summed E-state index contributed by atoms with van der Waals surface area (Å²) in [6.45, 7) is 3.48. The smallest absolute Gasteiger partial charge is 0.196 e. The highest BCUT2D eigenvalue weighted by atomic mass is 32.2. The molecule has 0 bridgehead atoms.